The number of H-pyrrole nitrogens is 1. The van der Waals surface area contributed by atoms with Gasteiger partial charge in [0.1, 0.15) is 5.65 Å². The molecule has 0 aliphatic rings. The minimum Gasteiger partial charge on any atom is -0.365 e. The number of anilines is 1. The van der Waals surface area contributed by atoms with Crippen LogP contribution in [0, 0.1) is 0 Å². The van der Waals surface area contributed by atoms with Crippen molar-refractivity contribution in [1.82, 2.24) is 9.97 Å². The number of benzene rings is 1. The lowest BCUT2D eigenvalue weighted by atomic mass is 10.2. The summed E-state index contributed by atoms with van der Waals surface area (Å²) in [5, 5.41) is 3.42. The maximum Gasteiger partial charge on any atom is 0.257 e. The Morgan fingerprint density at radius 2 is 2.04 bits per heavy atom. The summed E-state index contributed by atoms with van der Waals surface area (Å²) in [4.78, 5) is 43.6. The molecule has 0 unspecified atom stereocenters. The molecule has 2 heterocycles. The molecule has 2 amide bonds. The molecule has 0 aliphatic carbocycles. The Morgan fingerprint density at radius 3 is 2.68 bits per heavy atom. The van der Waals surface area contributed by atoms with E-state index in [0.717, 1.165) is 11.3 Å². The number of hydrogen-bond donors (Lipinski definition) is 3. The number of nitrogens with one attached hydrogen (secondary N) is 2. The highest BCUT2D eigenvalue weighted by Gasteiger charge is 2.21. The number of aromatic amines is 1. The summed E-state index contributed by atoms with van der Waals surface area (Å²) >= 11 is 2.12. The van der Waals surface area contributed by atoms with Crippen molar-refractivity contribution < 1.29 is 9.59 Å². The number of nitrogens with zero attached hydrogens (tertiary/aromatic N) is 1. The summed E-state index contributed by atoms with van der Waals surface area (Å²) in [6.07, 6.45) is 0. The standard InChI is InChI=1S/C16H14N4O3S2/c1-2-24-14-9(11(17)21)10-12(18-14)19-16(25-15(10)23)20-13(22)8-6-4-3-5-7-8/h3-7,18H,2H2,1H3,(H2,17,21)(H,19,20,22). The molecule has 25 heavy (non-hydrogen) atoms. The lowest BCUT2D eigenvalue weighted by molar-refractivity contribution is 0.0996. The number of aromatic nitrogens is 2. The van der Waals surface area contributed by atoms with Gasteiger partial charge in [-0.05, 0) is 17.9 Å². The first-order valence-electron chi connectivity index (χ1n) is 7.37. The van der Waals surface area contributed by atoms with E-state index in [-0.39, 0.29) is 32.4 Å². The minimum atomic E-state index is -0.686. The molecule has 0 aliphatic heterocycles. The number of carbonyl (C=O) groups is 2. The minimum absolute atomic E-state index is 0.150. The van der Waals surface area contributed by atoms with Gasteiger partial charge in [0, 0.05) is 5.56 Å². The summed E-state index contributed by atoms with van der Waals surface area (Å²) in [7, 11) is 0. The van der Waals surface area contributed by atoms with Crippen LogP contribution in [0.4, 0.5) is 5.13 Å². The number of nitrogens with two attached hydrogens (primary N) is 1. The SMILES string of the molecule is CCSc1[nH]c2nc(NC(=O)c3ccccc3)sc(=O)c2c1C(N)=O. The van der Waals surface area contributed by atoms with E-state index < -0.39 is 5.91 Å². The van der Waals surface area contributed by atoms with Crippen LogP contribution >= 0.6 is 23.1 Å². The van der Waals surface area contributed by atoms with Crippen LogP contribution in [0.15, 0.2) is 40.2 Å². The molecule has 128 valence electrons. The van der Waals surface area contributed by atoms with Gasteiger partial charge < -0.3 is 10.7 Å². The topological polar surface area (TPSA) is 118 Å². The first-order valence-corrected chi connectivity index (χ1v) is 9.17. The molecule has 0 fully saturated rings. The second-order valence-corrected chi connectivity index (χ2v) is 7.21. The smallest absolute Gasteiger partial charge is 0.257 e. The van der Waals surface area contributed by atoms with Crippen molar-refractivity contribution in [1.29, 1.82) is 0 Å². The molecule has 2 aromatic heterocycles. The molecule has 0 spiro atoms. The molecule has 4 N–H and O–H groups in total. The maximum atomic E-state index is 12.5. The molecule has 0 bridgehead atoms. The molecule has 0 saturated heterocycles. The molecular formula is C16H14N4O3S2. The number of carbonyl (C=O) groups excluding carboxylic acids is 2. The largest absolute Gasteiger partial charge is 0.365 e. The van der Waals surface area contributed by atoms with Gasteiger partial charge in [-0.1, -0.05) is 36.5 Å². The zero-order valence-electron chi connectivity index (χ0n) is 13.2. The van der Waals surface area contributed by atoms with Crippen LogP contribution in [0.3, 0.4) is 0 Å². The van der Waals surface area contributed by atoms with E-state index in [0.29, 0.717) is 16.3 Å². The van der Waals surface area contributed by atoms with Gasteiger partial charge in [0.15, 0.2) is 5.13 Å². The highest BCUT2D eigenvalue weighted by atomic mass is 32.2. The Kier molecular flexibility index (Phi) is 4.86. The van der Waals surface area contributed by atoms with E-state index in [1.807, 2.05) is 6.92 Å². The number of fused-ring (bicyclic) bond motifs is 1. The van der Waals surface area contributed by atoms with Crippen molar-refractivity contribution in [2.45, 2.75) is 11.9 Å². The third-order valence-corrected chi connectivity index (χ3v) is 5.00. The zero-order valence-corrected chi connectivity index (χ0v) is 14.8. The van der Waals surface area contributed by atoms with Gasteiger partial charge in [0.05, 0.1) is 16.0 Å². The van der Waals surface area contributed by atoms with Crippen LogP contribution in [0.25, 0.3) is 11.0 Å². The van der Waals surface area contributed by atoms with E-state index in [1.165, 1.54) is 11.8 Å². The van der Waals surface area contributed by atoms with Crippen molar-refractivity contribution in [2.24, 2.45) is 5.73 Å². The van der Waals surface area contributed by atoms with E-state index in [1.54, 1.807) is 30.3 Å². The monoisotopic (exact) mass is 374 g/mol. The third kappa shape index (κ3) is 3.42. The van der Waals surface area contributed by atoms with Crippen LogP contribution in [-0.4, -0.2) is 27.5 Å². The van der Waals surface area contributed by atoms with Crippen molar-refractivity contribution in [2.75, 3.05) is 11.1 Å². The fourth-order valence-electron chi connectivity index (χ4n) is 2.31. The van der Waals surface area contributed by atoms with E-state index in [2.05, 4.69) is 15.3 Å². The van der Waals surface area contributed by atoms with Crippen LogP contribution in [0.2, 0.25) is 0 Å². The lowest BCUT2D eigenvalue weighted by Gasteiger charge is -2.03. The number of hydrogen-bond acceptors (Lipinski definition) is 6. The van der Waals surface area contributed by atoms with Gasteiger partial charge in [-0.3, -0.25) is 19.7 Å². The average Bonchev–Trinajstić information content (AvgIpc) is 2.95. The molecule has 0 radical (unpaired) electrons. The molecule has 0 atom stereocenters. The summed E-state index contributed by atoms with van der Waals surface area (Å²) in [6, 6.07) is 8.61. The van der Waals surface area contributed by atoms with Gasteiger partial charge in [0.2, 0.25) is 4.74 Å². The Bertz CT molecular complexity index is 1010. The first-order chi connectivity index (χ1) is 12.0. The van der Waals surface area contributed by atoms with Crippen molar-refractivity contribution in [3.63, 3.8) is 0 Å². The predicted octanol–water partition coefficient (Wildman–Crippen LogP) is 2.45. The van der Waals surface area contributed by atoms with Crippen LogP contribution in [0.5, 0.6) is 0 Å². The van der Waals surface area contributed by atoms with Crippen molar-refractivity contribution in [3.8, 4) is 0 Å². The molecule has 9 heteroatoms. The highest BCUT2D eigenvalue weighted by molar-refractivity contribution is 7.99. The Hall–Kier alpha value is -2.65. The fraction of sp³-hybridized carbons (Fsp3) is 0.125. The van der Waals surface area contributed by atoms with Gasteiger partial charge >= 0.3 is 0 Å². The molecule has 7 nitrogen and oxygen atoms in total. The van der Waals surface area contributed by atoms with E-state index >= 15 is 0 Å². The van der Waals surface area contributed by atoms with Crippen LogP contribution in [-0.2, 0) is 0 Å². The Labute approximate surface area is 150 Å². The number of primary amides is 1. The molecule has 0 saturated carbocycles. The number of rotatable bonds is 5. The van der Waals surface area contributed by atoms with Crippen LogP contribution < -0.4 is 15.8 Å². The lowest BCUT2D eigenvalue weighted by Crippen LogP contribution is -2.15. The summed E-state index contributed by atoms with van der Waals surface area (Å²) in [5.41, 5.74) is 6.25. The van der Waals surface area contributed by atoms with E-state index in [9.17, 15) is 14.4 Å². The third-order valence-electron chi connectivity index (χ3n) is 3.34. The van der Waals surface area contributed by atoms with Crippen LogP contribution in [0.1, 0.15) is 27.6 Å². The molecule has 1 aromatic carbocycles. The number of thioether (sulfide) groups is 1. The van der Waals surface area contributed by atoms with Gasteiger partial charge in [-0.25, -0.2) is 4.98 Å². The fourth-order valence-corrected chi connectivity index (χ4v) is 3.87. The second kappa shape index (κ2) is 7.08. The Morgan fingerprint density at radius 1 is 1.32 bits per heavy atom. The molecular weight excluding hydrogens is 360 g/mol. The van der Waals surface area contributed by atoms with Crippen molar-refractivity contribution in [3.05, 3.63) is 51.0 Å². The second-order valence-electron chi connectivity index (χ2n) is 4.98. The Balaban J connectivity index is 2.04. The van der Waals surface area contributed by atoms with E-state index in [4.69, 9.17) is 5.73 Å². The predicted molar refractivity (Wildman–Crippen MR) is 99.6 cm³/mol. The number of amides is 2. The summed E-state index contributed by atoms with van der Waals surface area (Å²) in [5.74, 6) is -0.357. The zero-order chi connectivity index (χ0) is 18.0. The van der Waals surface area contributed by atoms with Gasteiger partial charge in [-0.15, -0.1) is 11.8 Å². The first kappa shape index (κ1) is 17.2. The molecule has 3 aromatic rings. The maximum absolute atomic E-state index is 12.5. The highest BCUT2D eigenvalue weighted by Crippen LogP contribution is 2.28. The van der Waals surface area contributed by atoms with Gasteiger partial charge in [0.25, 0.3) is 11.8 Å². The van der Waals surface area contributed by atoms with Gasteiger partial charge in [-0.2, -0.15) is 0 Å². The average molecular weight is 374 g/mol. The van der Waals surface area contributed by atoms with Crippen molar-refractivity contribution >= 4 is 51.1 Å². The molecule has 3 rings (SSSR count). The summed E-state index contributed by atoms with van der Waals surface area (Å²) < 4.78 is -0.388. The normalized spacial score (nSPS) is 10.8. The quantitative estimate of drug-likeness (QED) is 0.593. The summed E-state index contributed by atoms with van der Waals surface area (Å²) in [6.45, 7) is 1.92.